The van der Waals surface area contributed by atoms with E-state index in [1.807, 2.05) is 6.07 Å². The highest BCUT2D eigenvalue weighted by Crippen LogP contribution is 2.31. The predicted molar refractivity (Wildman–Crippen MR) is 74.4 cm³/mol. The molecule has 2 N–H and O–H groups in total. The van der Waals surface area contributed by atoms with Crippen molar-refractivity contribution in [3.05, 3.63) is 40.2 Å². The summed E-state index contributed by atoms with van der Waals surface area (Å²) in [6, 6.07) is 10.4. The van der Waals surface area contributed by atoms with E-state index in [0.29, 0.717) is 12.5 Å². The summed E-state index contributed by atoms with van der Waals surface area (Å²) in [5.41, 5.74) is 8.05. The monoisotopic (exact) mass is 246 g/mol. The Hall–Kier alpha value is -1.19. The third kappa shape index (κ3) is 2.56. The van der Waals surface area contributed by atoms with Crippen LogP contribution in [-0.4, -0.2) is 11.5 Å². The van der Waals surface area contributed by atoms with Crippen molar-refractivity contribution in [3.63, 3.8) is 0 Å². The van der Waals surface area contributed by atoms with Crippen LogP contribution in [0.5, 0.6) is 0 Å². The van der Waals surface area contributed by atoms with Crippen LogP contribution in [0.4, 0.5) is 0 Å². The van der Waals surface area contributed by atoms with Gasteiger partial charge in [-0.3, -0.25) is 0 Å². The van der Waals surface area contributed by atoms with Crippen molar-refractivity contribution in [1.29, 1.82) is 0 Å². The van der Waals surface area contributed by atoms with E-state index in [9.17, 15) is 0 Å². The smallest absolute Gasteiger partial charge is 0.0976 e. The van der Waals surface area contributed by atoms with Gasteiger partial charge in [0.2, 0.25) is 0 Å². The van der Waals surface area contributed by atoms with Gasteiger partial charge in [0.05, 0.1) is 10.7 Å². The molecule has 1 heterocycles. The molecule has 1 aromatic carbocycles. The van der Waals surface area contributed by atoms with Crippen LogP contribution in [0.2, 0.25) is 0 Å². The Labute approximate surface area is 107 Å². The fourth-order valence-corrected chi connectivity index (χ4v) is 2.83. The van der Waals surface area contributed by atoms with Gasteiger partial charge in [-0.25, -0.2) is 4.98 Å². The number of rotatable bonds is 4. The lowest BCUT2D eigenvalue weighted by Gasteiger charge is -2.02. The standard InChI is InChI=1S/C14H18N2S/c1-3-12-13(11-7-5-4-6-8-11)16-14(17-12)10(2)9-15/h4-8,10H,3,9,15H2,1-2H3. The van der Waals surface area contributed by atoms with Crippen LogP contribution >= 0.6 is 11.3 Å². The van der Waals surface area contributed by atoms with Crippen LogP contribution in [-0.2, 0) is 6.42 Å². The molecule has 0 spiro atoms. The van der Waals surface area contributed by atoms with E-state index in [2.05, 4.69) is 38.1 Å². The van der Waals surface area contributed by atoms with Crippen molar-refractivity contribution in [2.45, 2.75) is 26.2 Å². The lowest BCUT2D eigenvalue weighted by atomic mass is 10.1. The Balaban J connectivity index is 2.43. The maximum Gasteiger partial charge on any atom is 0.0976 e. The summed E-state index contributed by atoms with van der Waals surface area (Å²) in [7, 11) is 0. The number of benzene rings is 1. The number of nitrogens with zero attached hydrogens (tertiary/aromatic N) is 1. The minimum absolute atomic E-state index is 0.350. The van der Waals surface area contributed by atoms with Gasteiger partial charge in [0.1, 0.15) is 0 Å². The van der Waals surface area contributed by atoms with Crippen LogP contribution in [0.1, 0.15) is 29.7 Å². The van der Waals surface area contributed by atoms with E-state index in [-0.39, 0.29) is 0 Å². The lowest BCUT2D eigenvalue weighted by molar-refractivity contribution is 0.766. The number of nitrogens with two attached hydrogens (primary N) is 1. The third-order valence-corrected chi connectivity index (χ3v) is 4.29. The van der Waals surface area contributed by atoms with Crippen LogP contribution in [0.25, 0.3) is 11.3 Å². The van der Waals surface area contributed by atoms with Gasteiger partial charge in [0, 0.05) is 22.9 Å². The van der Waals surface area contributed by atoms with Gasteiger partial charge in [0.25, 0.3) is 0 Å². The van der Waals surface area contributed by atoms with Crippen molar-refractivity contribution in [2.75, 3.05) is 6.54 Å². The highest BCUT2D eigenvalue weighted by molar-refractivity contribution is 7.12. The highest BCUT2D eigenvalue weighted by atomic mass is 32.1. The van der Waals surface area contributed by atoms with Gasteiger partial charge in [-0.15, -0.1) is 11.3 Å². The summed E-state index contributed by atoms with van der Waals surface area (Å²) in [5, 5.41) is 1.16. The minimum atomic E-state index is 0.350. The van der Waals surface area contributed by atoms with Gasteiger partial charge < -0.3 is 5.73 Å². The summed E-state index contributed by atoms with van der Waals surface area (Å²) in [5.74, 6) is 0.350. The fraction of sp³-hybridized carbons (Fsp3) is 0.357. The Kier molecular flexibility index (Phi) is 3.92. The molecule has 0 fully saturated rings. The van der Waals surface area contributed by atoms with Gasteiger partial charge in [-0.05, 0) is 6.42 Å². The zero-order chi connectivity index (χ0) is 12.3. The van der Waals surface area contributed by atoms with Gasteiger partial charge in [0.15, 0.2) is 0 Å². The maximum absolute atomic E-state index is 5.71. The van der Waals surface area contributed by atoms with E-state index in [1.54, 1.807) is 11.3 Å². The van der Waals surface area contributed by atoms with Crippen LogP contribution in [0.3, 0.4) is 0 Å². The average Bonchev–Trinajstić information content (AvgIpc) is 2.83. The molecule has 0 saturated heterocycles. The first kappa shape index (κ1) is 12.3. The fourth-order valence-electron chi connectivity index (χ4n) is 1.74. The maximum atomic E-state index is 5.71. The van der Waals surface area contributed by atoms with E-state index < -0.39 is 0 Å². The largest absolute Gasteiger partial charge is 0.330 e. The number of hydrogen-bond donors (Lipinski definition) is 1. The van der Waals surface area contributed by atoms with E-state index >= 15 is 0 Å². The number of thiazole rings is 1. The molecule has 2 rings (SSSR count). The first-order chi connectivity index (χ1) is 8.26. The second-order valence-electron chi connectivity index (χ2n) is 4.18. The highest BCUT2D eigenvalue weighted by Gasteiger charge is 2.14. The molecular weight excluding hydrogens is 228 g/mol. The molecule has 0 bridgehead atoms. The molecule has 2 nitrogen and oxygen atoms in total. The van der Waals surface area contributed by atoms with Crippen molar-refractivity contribution in [2.24, 2.45) is 5.73 Å². The molecule has 0 amide bonds. The van der Waals surface area contributed by atoms with Crippen molar-refractivity contribution >= 4 is 11.3 Å². The van der Waals surface area contributed by atoms with E-state index in [4.69, 9.17) is 10.7 Å². The van der Waals surface area contributed by atoms with Crippen molar-refractivity contribution in [1.82, 2.24) is 4.98 Å². The van der Waals surface area contributed by atoms with Crippen LogP contribution < -0.4 is 5.73 Å². The summed E-state index contributed by atoms with van der Waals surface area (Å²) < 4.78 is 0. The summed E-state index contributed by atoms with van der Waals surface area (Å²) in [6.45, 7) is 4.97. The molecule has 1 unspecified atom stereocenters. The molecule has 1 atom stereocenters. The predicted octanol–water partition coefficient (Wildman–Crippen LogP) is 3.43. The quantitative estimate of drug-likeness (QED) is 0.897. The molecular formula is C14H18N2S. The zero-order valence-corrected chi connectivity index (χ0v) is 11.1. The second kappa shape index (κ2) is 5.43. The third-order valence-electron chi connectivity index (χ3n) is 2.86. The summed E-state index contributed by atoms with van der Waals surface area (Å²) in [6.07, 6.45) is 1.03. The number of aromatic nitrogens is 1. The van der Waals surface area contributed by atoms with Crippen molar-refractivity contribution < 1.29 is 0 Å². The van der Waals surface area contributed by atoms with E-state index in [1.165, 1.54) is 10.4 Å². The SMILES string of the molecule is CCc1sc(C(C)CN)nc1-c1ccccc1. The van der Waals surface area contributed by atoms with Gasteiger partial charge >= 0.3 is 0 Å². The van der Waals surface area contributed by atoms with Gasteiger partial charge in [-0.2, -0.15) is 0 Å². The molecule has 1 aromatic heterocycles. The van der Waals surface area contributed by atoms with E-state index in [0.717, 1.165) is 17.1 Å². The first-order valence-electron chi connectivity index (χ1n) is 6.01. The number of hydrogen-bond acceptors (Lipinski definition) is 3. The molecule has 17 heavy (non-hydrogen) atoms. The minimum Gasteiger partial charge on any atom is -0.330 e. The van der Waals surface area contributed by atoms with Crippen molar-refractivity contribution in [3.8, 4) is 11.3 Å². The Bertz CT molecular complexity index is 476. The summed E-state index contributed by atoms with van der Waals surface area (Å²) >= 11 is 1.80. The topological polar surface area (TPSA) is 38.9 Å². The summed E-state index contributed by atoms with van der Waals surface area (Å²) in [4.78, 5) is 6.11. The molecule has 0 aliphatic heterocycles. The van der Waals surface area contributed by atoms with Gasteiger partial charge in [-0.1, -0.05) is 44.2 Å². The molecule has 0 aliphatic carbocycles. The zero-order valence-electron chi connectivity index (χ0n) is 10.3. The molecule has 2 aromatic rings. The molecule has 90 valence electrons. The molecule has 0 saturated carbocycles. The normalized spacial score (nSPS) is 12.6. The molecule has 0 aliphatic rings. The Morgan fingerprint density at radius 3 is 2.59 bits per heavy atom. The second-order valence-corrected chi connectivity index (χ2v) is 5.30. The first-order valence-corrected chi connectivity index (χ1v) is 6.83. The Morgan fingerprint density at radius 2 is 2.00 bits per heavy atom. The molecule has 0 radical (unpaired) electrons. The average molecular weight is 246 g/mol. The molecule has 3 heteroatoms. The Morgan fingerprint density at radius 1 is 1.29 bits per heavy atom. The lowest BCUT2D eigenvalue weighted by Crippen LogP contribution is -2.08. The van der Waals surface area contributed by atoms with Crippen LogP contribution in [0.15, 0.2) is 30.3 Å². The van der Waals surface area contributed by atoms with Crippen LogP contribution in [0, 0.1) is 0 Å². The number of aryl methyl sites for hydroxylation is 1.